The Morgan fingerprint density at radius 1 is 1.41 bits per heavy atom. The molecule has 1 N–H and O–H groups in total. The molecule has 0 bridgehead atoms. The lowest BCUT2D eigenvalue weighted by atomic mass is 9.91. The molecule has 1 saturated heterocycles. The van der Waals surface area contributed by atoms with E-state index in [1.807, 2.05) is 19.3 Å². The SMILES string of the molecule is CNC(Cc1ccccn1)CC1CCOCC1. The van der Waals surface area contributed by atoms with Crippen molar-refractivity contribution in [1.82, 2.24) is 10.3 Å². The van der Waals surface area contributed by atoms with Gasteiger partial charge in [-0.1, -0.05) is 6.07 Å². The van der Waals surface area contributed by atoms with Crippen molar-refractivity contribution in [3.63, 3.8) is 0 Å². The topological polar surface area (TPSA) is 34.2 Å². The van der Waals surface area contributed by atoms with Crippen LogP contribution in [0.25, 0.3) is 0 Å². The smallest absolute Gasteiger partial charge is 0.0468 e. The van der Waals surface area contributed by atoms with Gasteiger partial charge in [-0.25, -0.2) is 0 Å². The van der Waals surface area contributed by atoms with Crippen molar-refractivity contribution in [2.75, 3.05) is 20.3 Å². The van der Waals surface area contributed by atoms with E-state index in [1.165, 1.54) is 25.0 Å². The van der Waals surface area contributed by atoms with E-state index in [1.54, 1.807) is 0 Å². The lowest BCUT2D eigenvalue weighted by Crippen LogP contribution is -2.32. The van der Waals surface area contributed by atoms with E-state index in [-0.39, 0.29) is 0 Å². The van der Waals surface area contributed by atoms with E-state index in [0.717, 1.165) is 25.6 Å². The molecule has 3 heteroatoms. The van der Waals surface area contributed by atoms with E-state index >= 15 is 0 Å². The van der Waals surface area contributed by atoms with Gasteiger partial charge >= 0.3 is 0 Å². The fourth-order valence-electron chi connectivity index (χ4n) is 2.46. The van der Waals surface area contributed by atoms with E-state index in [9.17, 15) is 0 Å². The summed E-state index contributed by atoms with van der Waals surface area (Å²) in [6.45, 7) is 1.87. The monoisotopic (exact) mass is 234 g/mol. The number of aromatic nitrogens is 1. The largest absolute Gasteiger partial charge is 0.381 e. The van der Waals surface area contributed by atoms with Crippen molar-refractivity contribution < 1.29 is 4.74 Å². The molecule has 1 aliphatic rings. The van der Waals surface area contributed by atoms with Gasteiger partial charge < -0.3 is 10.1 Å². The Morgan fingerprint density at radius 2 is 2.24 bits per heavy atom. The summed E-state index contributed by atoms with van der Waals surface area (Å²) in [5.74, 6) is 0.810. The number of hydrogen-bond donors (Lipinski definition) is 1. The summed E-state index contributed by atoms with van der Waals surface area (Å²) in [5.41, 5.74) is 1.18. The van der Waals surface area contributed by atoms with Crippen LogP contribution in [-0.4, -0.2) is 31.3 Å². The van der Waals surface area contributed by atoms with Crippen molar-refractivity contribution in [2.24, 2.45) is 5.92 Å². The number of ether oxygens (including phenoxy) is 1. The minimum Gasteiger partial charge on any atom is -0.381 e. The second-order valence-corrected chi connectivity index (χ2v) is 4.80. The Morgan fingerprint density at radius 3 is 2.88 bits per heavy atom. The lowest BCUT2D eigenvalue weighted by Gasteiger charge is -2.26. The van der Waals surface area contributed by atoms with Crippen molar-refractivity contribution in [3.05, 3.63) is 30.1 Å². The van der Waals surface area contributed by atoms with Gasteiger partial charge in [-0.15, -0.1) is 0 Å². The lowest BCUT2D eigenvalue weighted by molar-refractivity contribution is 0.0608. The van der Waals surface area contributed by atoms with Crippen LogP contribution in [0.1, 0.15) is 25.0 Å². The molecule has 94 valence electrons. The zero-order valence-electron chi connectivity index (χ0n) is 10.6. The Bertz CT molecular complexity index is 309. The molecule has 0 aromatic carbocycles. The Hall–Kier alpha value is -0.930. The summed E-state index contributed by atoms with van der Waals surface area (Å²) >= 11 is 0. The third kappa shape index (κ3) is 4.10. The molecular formula is C14H22N2O. The highest BCUT2D eigenvalue weighted by Gasteiger charge is 2.18. The molecule has 1 aliphatic heterocycles. The Balaban J connectivity index is 1.83. The van der Waals surface area contributed by atoms with Crippen molar-refractivity contribution in [3.8, 4) is 0 Å². The van der Waals surface area contributed by atoms with Gasteiger partial charge in [-0.3, -0.25) is 4.98 Å². The fourth-order valence-corrected chi connectivity index (χ4v) is 2.46. The summed E-state index contributed by atoms with van der Waals surface area (Å²) < 4.78 is 5.40. The van der Waals surface area contributed by atoms with Crippen LogP contribution in [-0.2, 0) is 11.2 Å². The van der Waals surface area contributed by atoms with Crippen LogP contribution < -0.4 is 5.32 Å². The molecule has 0 amide bonds. The molecule has 3 nitrogen and oxygen atoms in total. The Kier molecular flexibility index (Phi) is 4.95. The number of rotatable bonds is 5. The maximum absolute atomic E-state index is 5.40. The van der Waals surface area contributed by atoms with Crippen molar-refractivity contribution in [2.45, 2.75) is 31.7 Å². The zero-order valence-corrected chi connectivity index (χ0v) is 10.6. The predicted molar refractivity (Wildman–Crippen MR) is 68.9 cm³/mol. The van der Waals surface area contributed by atoms with Crippen LogP contribution in [0.2, 0.25) is 0 Å². The van der Waals surface area contributed by atoms with Crippen molar-refractivity contribution >= 4 is 0 Å². The molecule has 1 aromatic heterocycles. The van der Waals surface area contributed by atoms with Crippen molar-refractivity contribution in [1.29, 1.82) is 0 Å². The van der Waals surface area contributed by atoms with Gasteiger partial charge in [0.1, 0.15) is 0 Å². The number of nitrogens with one attached hydrogen (secondary N) is 1. The highest BCUT2D eigenvalue weighted by molar-refractivity contribution is 5.05. The average Bonchev–Trinajstić information content (AvgIpc) is 2.40. The van der Waals surface area contributed by atoms with Gasteiger partial charge in [-0.05, 0) is 44.4 Å². The second-order valence-electron chi connectivity index (χ2n) is 4.80. The normalized spacial score (nSPS) is 19.1. The first-order valence-electron chi connectivity index (χ1n) is 6.53. The van der Waals surface area contributed by atoms with Crippen LogP contribution >= 0.6 is 0 Å². The number of pyridine rings is 1. The van der Waals surface area contributed by atoms with Crippen LogP contribution in [0.3, 0.4) is 0 Å². The summed E-state index contributed by atoms with van der Waals surface area (Å²) in [7, 11) is 2.05. The van der Waals surface area contributed by atoms with Gasteiger partial charge in [-0.2, -0.15) is 0 Å². The second kappa shape index (κ2) is 6.72. The number of nitrogens with zero attached hydrogens (tertiary/aromatic N) is 1. The minimum absolute atomic E-state index is 0.535. The standard InChI is InChI=1S/C14H22N2O/c1-15-14(10-12-5-8-17-9-6-12)11-13-4-2-3-7-16-13/h2-4,7,12,14-15H,5-6,8-11H2,1H3. The van der Waals surface area contributed by atoms with Gasteiger partial charge in [0, 0.05) is 37.6 Å². The van der Waals surface area contributed by atoms with E-state index in [4.69, 9.17) is 4.74 Å². The molecule has 17 heavy (non-hydrogen) atoms. The summed E-state index contributed by atoms with van der Waals surface area (Å²) in [6.07, 6.45) is 6.54. The highest BCUT2D eigenvalue weighted by atomic mass is 16.5. The first-order chi connectivity index (χ1) is 8.38. The van der Waals surface area contributed by atoms with Gasteiger partial charge in [0.15, 0.2) is 0 Å². The van der Waals surface area contributed by atoms with E-state index in [2.05, 4.69) is 22.4 Å². The first-order valence-corrected chi connectivity index (χ1v) is 6.53. The van der Waals surface area contributed by atoms with Gasteiger partial charge in [0.2, 0.25) is 0 Å². The van der Waals surface area contributed by atoms with Crippen LogP contribution in [0.15, 0.2) is 24.4 Å². The number of likely N-dealkylation sites (N-methyl/N-ethyl adjacent to an activating group) is 1. The maximum Gasteiger partial charge on any atom is 0.0468 e. The molecule has 0 spiro atoms. The molecule has 0 radical (unpaired) electrons. The first kappa shape index (κ1) is 12.5. The molecule has 1 fully saturated rings. The van der Waals surface area contributed by atoms with Crippen LogP contribution in [0.5, 0.6) is 0 Å². The zero-order chi connectivity index (χ0) is 11.9. The maximum atomic E-state index is 5.40. The quantitative estimate of drug-likeness (QED) is 0.846. The van der Waals surface area contributed by atoms with Crippen LogP contribution in [0.4, 0.5) is 0 Å². The molecular weight excluding hydrogens is 212 g/mol. The molecule has 1 aromatic rings. The third-order valence-corrected chi connectivity index (χ3v) is 3.55. The molecule has 1 atom stereocenters. The molecule has 0 aliphatic carbocycles. The van der Waals surface area contributed by atoms with E-state index in [0.29, 0.717) is 6.04 Å². The summed E-state index contributed by atoms with van der Waals surface area (Å²) in [4.78, 5) is 4.39. The summed E-state index contributed by atoms with van der Waals surface area (Å²) in [5, 5.41) is 3.42. The molecule has 2 heterocycles. The highest BCUT2D eigenvalue weighted by Crippen LogP contribution is 2.21. The minimum atomic E-state index is 0.535. The Labute approximate surface area is 104 Å². The molecule has 1 unspecified atom stereocenters. The van der Waals surface area contributed by atoms with E-state index < -0.39 is 0 Å². The predicted octanol–water partition coefficient (Wildman–Crippen LogP) is 2.03. The summed E-state index contributed by atoms with van der Waals surface area (Å²) in [6, 6.07) is 6.67. The number of hydrogen-bond acceptors (Lipinski definition) is 3. The fraction of sp³-hybridized carbons (Fsp3) is 0.643. The molecule has 2 rings (SSSR count). The van der Waals surface area contributed by atoms with Gasteiger partial charge in [0.05, 0.1) is 0 Å². The van der Waals surface area contributed by atoms with Gasteiger partial charge in [0.25, 0.3) is 0 Å². The average molecular weight is 234 g/mol. The third-order valence-electron chi connectivity index (χ3n) is 3.55. The van der Waals surface area contributed by atoms with Crippen LogP contribution in [0, 0.1) is 5.92 Å². The molecule has 0 saturated carbocycles.